The lowest BCUT2D eigenvalue weighted by Gasteiger charge is -2.18. The fourth-order valence-electron chi connectivity index (χ4n) is 0.705. The number of hydrogen-bond donors (Lipinski definition) is 1. The molecule has 0 aliphatic carbocycles. The number of hydrogen-bond acceptors (Lipinski definition) is 2. The van der Waals surface area contributed by atoms with E-state index in [1.807, 2.05) is 12.3 Å². The van der Waals surface area contributed by atoms with Crippen molar-refractivity contribution in [3.8, 4) is 0 Å². The summed E-state index contributed by atoms with van der Waals surface area (Å²) in [5.41, 5.74) is 3.98. The quantitative estimate of drug-likeness (QED) is 0.538. The molecule has 1 aliphatic heterocycles. The molecule has 1 rings (SSSR count). The van der Waals surface area contributed by atoms with Crippen LogP contribution in [0.5, 0.6) is 0 Å². The van der Waals surface area contributed by atoms with Gasteiger partial charge in [0.25, 0.3) is 0 Å². The maximum Gasteiger partial charge on any atom is 0.0222 e. The predicted octanol–water partition coefficient (Wildman–Crippen LogP) is 1.66. The van der Waals surface area contributed by atoms with E-state index >= 15 is 0 Å². The summed E-state index contributed by atoms with van der Waals surface area (Å²) in [7, 11) is 0. The molecule has 0 saturated heterocycles. The smallest absolute Gasteiger partial charge is 0.0222 e. The Balaban J connectivity index is 2.92. The monoisotopic (exact) mass is 136 g/mol. The van der Waals surface area contributed by atoms with Crippen molar-refractivity contribution < 1.29 is 0 Å². The van der Waals surface area contributed by atoms with Gasteiger partial charge in [-0.25, -0.2) is 0 Å². The van der Waals surface area contributed by atoms with Gasteiger partial charge in [-0.2, -0.15) is 0 Å². The van der Waals surface area contributed by atoms with E-state index in [1.165, 1.54) is 0 Å². The van der Waals surface area contributed by atoms with Crippen LogP contribution in [0.1, 0.15) is 20.8 Å². The minimum absolute atomic E-state index is 0.155. The van der Waals surface area contributed by atoms with Crippen molar-refractivity contribution in [1.29, 1.82) is 0 Å². The van der Waals surface area contributed by atoms with Crippen LogP contribution in [-0.4, -0.2) is 5.87 Å². The van der Waals surface area contributed by atoms with Crippen LogP contribution in [0.3, 0.4) is 0 Å². The van der Waals surface area contributed by atoms with Crippen LogP contribution in [0.15, 0.2) is 23.0 Å². The summed E-state index contributed by atoms with van der Waals surface area (Å²) >= 11 is 0. The van der Waals surface area contributed by atoms with Crippen molar-refractivity contribution in [2.24, 2.45) is 10.5 Å². The molecule has 0 aromatic carbocycles. The van der Waals surface area contributed by atoms with Crippen LogP contribution in [0, 0.1) is 5.41 Å². The molecule has 0 fully saturated rings. The van der Waals surface area contributed by atoms with Gasteiger partial charge in [-0.3, -0.25) is 5.43 Å². The van der Waals surface area contributed by atoms with E-state index < -0.39 is 0 Å². The maximum absolute atomic E-state index is 3.80. The molecule has 1 aliphatic rings. The second kappa shape index (κ2) is 2.31. The van der Waals surface area contributed by atoms with E-state index in [1.54, 1.807) is 0 Å². The summed E-state index contributed by atoms with van der Waals surface area (Å²) in [5, 5.41) is 3.80. The van der Waals surface area contributed by atoms with Crippen molar-refractivity contribution in [2.45, 2.75) is 20.8 Å². The summed E-state index contributed by atoms with van der Waals surface area (Å²) in [5.74, 6) is 2.90. The van der Waals surface area contributed by atoms with Crippen LogP contribution < -0.4 is 5.43 Å². The van der Waals surface area contributed by atoms with Crippen molar-refractivity contribution >= 4 is 5.87 Å². The number of rotatable bonds is 0. The third-order valence-corrected chi connectivity index (χ3v) is 1.37. The van der Waals surface area contributed by atoms with Gasteiger partial charge in [0.2, 0.25) is 0 Å². The van der Waals surface area contributed by atoms with Gasteiger partial charge in [-0.15, -0.1) is 5.10 Å². The van der Waals surface area contributed by atoms with E-state index in [4.69, 9.17) is 0 Å². The van der Waals surface area contributed by atoms with Crippen LogP contribution in [-0.2, 0) is 0 Å². The molecule has 0 amide bonds. The van der Waals surface area contributed by atoms with Gasteiger partial charge in [-0.05, 0) is 11.5 Å². The standard InChI is InChI=1S/C8H12N2/c1-8(2,3)7-4-5-9-10-6-7/h4-5,9H,1-3H3. The largest absolute Gasteiger partial charge is 0.278 e. The molecule has 0 unspecified atom stereocenters. The first-order valence-electron chi connectivity index (χ1n) is 3.36. The Labute approximate surface area is 61.3 Å². The molecular formula is C8H12N2. The highest BCUT2D eigenvalue weighted by Crippen LogP contribution is 2.23. The Morgan fingerprint density at radius 2 is 2.20 bits per heavy atom. The molecule has 2 heteroatoms. The number of allylic oxidation sites excluding steroid dienone is 2. The first-order valence-corrected chi connectivity index (χ1v) is 3.36. The van der Waals surface area contributed by atoms with E-state index in [0.29, 0.717) is 0 Å². The molecule has 0 saturated carbocycles. The third kappa shape index (κ3) is 1.49. The van der Waals surface area contributed by atoms with Crippen molar-refractivity contribution in [3.63, 3.8) is 0 Å². The fourth-order valence-corrected chi connectivity index (χ4v) is 0.705. The topological polar surface area (TPSA) is 24.4 Å². The Kier molecular flexibility index (Phi) is 1.64. The Morgan fingerprint density at radius 3 is 2.50 bits per heavy atom. The van der Waals surface area contributed by atoms with E-state index in [2.05, 4.69) is 37.2 Å². The highest BCUT2D eigenvalue weighted by atomic mass is 15.3. The second-order valence-corrected chi connectivity index (χ2v) is 3.35. The molecule has 1 N–H and O–H groups in total. The van der Waals surface area contributed by atoms with Gasteiger partial charge in [0.05, 0.1) is 0 Å². The lowest BCUT2D eigenvalue weighted by Crippen LogP contribution is -2.11. The zero-order chi connectivity index (χ0) is 7.61. The van der Waals surface area contributed by atoms with Crippen LogP contribution in [0.25, 0.3) is 0 Å². The lowest BCUT2D eigenvalue weighted by atomic mass is 9.87. The molecule has 0 spiro atoms. The van der Waals surface area contributed by atoms with Crippen LogP contribution in [0.2, 0.25) is 0 Å². The molecule has 0 bridgehead atoms. The van der Waals surface area contributed by atoms with Gasteiger partial charge >= 0.3 is 0 Å². The van der Waals surface area contributed by atoms with E-state index in [9.17, 15) is 0 Å². The fraction of sp³-hybridized carbons (Fsp3) is 0.500. The molecule has 0 aromatic rings. The Morgan fingerprint density at radius 1 is 1.50 bits per heavy atom. The third-order valence-electron chi connectivity index (χ3n) is 1.37. The average molecular weight is 136 g/mol. The molecule has 0 atom stereocenters. The molecule has 2 nitrogen and oxygen atoms in total. The minimum atomic E-state index is 0.155. The molecular weight excluding hydrogens is 124 g/mol. The SMILES string of the molecule is CC(C)(C)C1=C=NNC=C1. The summed E-state index contributed by atoms with van der Waals surface area (Å²) < 4.78 is 0. The number of hydrazone groups is 1. The van der Waals surface area contributed by atoms with Crippen molar-refractivity contribution in [3.05, 3.63) is 17.8 Å². The highest BCUT2D eigenvalue weighted by Gasteiger charge is 2.15. The summed E-state index contributed by atoms with van der Waals surface area (Å²) in [6.45, 7) is 6.42. The van der Waals surface area contributed by atoms with E-state index in [0.717, 1.165) is 5.57 Å². The minimum Gasteiger partial charge on any atom is -0.278 e. The van der Waals surface area contributed by atoms with Crippen LogP contribution >= 0.6 is 0 Å². The molecule has 54 valence electrons. The van der Waals surface area contributed by atoms with Gasteiger partial charge in [0, 0.05) is 17.6 Å². The van der Waals surface area contributed by atoms with Crippen molar-refractivity contribution in [1.82, 2.24) is 5.43 Å². The van der Waals surface area contributed by atoms with Gasteiger partial charge in [0.15, 0.2) is 0 Å². The van der Waals surface area contributed by atoms with Gasteiger partial charge in [0.1, 0.15) is 0 Å². The average Bonchev–Trinajstić information content (AvgIpc) is 1.88. The predicted molar refractivity (Wildman–Crippen MR) is 42.7 cm³/mol. The Bertz CT molecular complexity index is 212. The number of nitrogens with zero attached hydrogens (tertiary/aromatic N) is 1. The molecule has 10 heavy (non-hydrogen) atoms. The first kappa shape index (κ1) is 7.10. The zero-order valence-corrected chi connectivity index (χ0v) is 6.60. The lowest BCUT2D eigenvalue weighted by molar-refractivity contribution is 0.521. The molecule has 0 radical (unpaired) electrons. The zero-order valence-electron chi connectivity index (χ0n) is 6.60. The summed E-state index contributed by atoms with van der Waals surface area (Å²) in [6.07, 6.45) is 3.81. The van der Waals surface area contributed by atoms with Crippen LogP contribution in [0.4, 0.5) is 0 Å². The van der Waals surface area contributed by atoms with Gasteiger partial charge < -0.3 is 0 Å². The normalized spacial score (nSPS) is 16.5. The molecule has 1 heterocycles. The maximum atomic E-state index is 3.80. The van der Waals surface area contributed by atoms with E-state index in [-0.39, 0.29) is 5.41 Å². The molecule has 0 aromatic heterocycles. The number of nitrogens with one attached hydrogen (secondary N) is 1. The summed E-state index contributed by atoms with van der Waals surface area (Å²) in [6, 6.07) is 0. The Hall–Kier alpha value is -1.01. The summed E-state index contributed by atoms with van der Waals surface area (Å²) in [4.78, 5) is 0. The highest BCUT2D eigenvalue weighted by molar-refractivity contribution is 5.64. The van der Waals surface area contributed by atoms with Crippen molar-refractivity contribution in [2.75, 3.05) is 0 Å². The first-order chi connectivity index (χ1) is 4.61. The van der Waals surface area contributed by atoms with Gasteiger partial charge in [-0.1, -0.05) is 20.8 Å². The second-order valence-electron chi connectivity index (χ2n) is 3.35.